The molecule has 0 aromatic heterocycles. The van der Waals surface area contributed by atoms with Crippen molar-refractivity contribution < 1.29 is 19.1 Å². The summed E-state index contributed by atoms with van der Waals surface area (Å²) in [7, 11) is 0. The number of carbonyl (C=O) groups is 3. The number of likely N-dealkylation sites (tertiary alicyclic amines) is 1. The van der Waals surface area contributed by atoms with Gasteiger partial charge in [0.25, 0.3) is 0 Å². The molecule has 0 bridgehead atoms. The molecule has 1 heterocycles. The maximum absolute atomic E-state index is 11.9. The molecule has 1 aliphatic rings. The largest absolute Gasteiger partial charge is 0.443 e. The number of nitrogens with zero attached hydrogens (tertiary/aromatic N) is 1. The summed E-state index contributed by atoms with van der Waals surface area (Å²) >= 11 is 1.13. The van der Waals surface area contributed by atoms with E-state index in [1.54, 1.807) is 20.8 Å². The lowest BCUT2D eigenvalue weighted by Crippen LogP contribution is -2.44. The molecule has 1 saturated heterocycles. The predicted octanol–water partition coefficient (Wildman–Crippen LogP) is 2.19. The highest BCUT2D eigenvalue weighted by Gasteiger charge is 2.42. The zero-order chi connectivity index (χ0) is 13.9. The first-order valence-corrected chi connectivity index (χ1v) is 6.96. The average Bonchev–Trinajstić information content (AvgIpc) is 2.58. The number of ether oxygens (including phenoxy) is 1. The van der Waals surface area contributed by atoms with E-state index in [2.05, 4.69) is 0 Å². The van der Waals surface area contributed by atoms with Crippen LogP contribution in [0, 0.1) is 0 Å². The Morgan fingerprint density at radius 2 is 2.06 bits per heavy atom. The molecule has 1 rings (SSSR count). The van der Waals surface area contributed by atoms with Crippen LogP contribution in [0.15, 0.2) is 0 Å². The lowest BCUT2D eigenvalue weighted by molar-refractivity contribution is -0.131. The molecule has 0 aromatic rings. The van der Waals surface area contributed by atoms with Gasteiger partial charge in [0.15, 0.2) is 0 Å². The number of carbonyl (C=O) groups excluding carboxylic acids is 3. The summed E-state index contributed by atoms with van der Waals surface area (Å²) in [5, 5.41) is -0.144. The second-order valence-corrected chi connectivity index (χ2v) is 6.32. The number of imide groups is 1. The molecule has 0 aliphatic carbocycles. The minimum Gasteiger partial charge on any atom is -0.443 e. The van der Waals surface area contributed by atoms with Gasteiger partial charge in [0, 0.05) is 6.42 Å². The molecule has 18 heavy (non-hydrogen) atoms. The minimum atomic E-state index is -0.722. The van der Waals surface area contributed by atoms with Crippen LogP contribution in [0.1, 0.15) is 40.5 Å². The van der Waals surface area contributed by atoms with E-state index in [1.165, 1.54) is 0 Å². The Morgan fingerprint density at radius 1 is 1.44 bits per heavy atom. The number of hydrogen-bond donors (Lipinski definition) is 0. The van der Waals surface area contributed by atoms with Gasteiger partial charge >= 0.3 is 6.09 Å². The second-order valence-electron chi connectivity index (χ2n) is 5.05. The Kier molecular flexibility index (Phi) is 4.78. The predicted molar refractivity (Wildman–Crippen MR) is 69.2 cm³/mol. The van der Waals surface area contributed by atoms with Gasteiger partial charge in [0.2, 0.25) is 11.0 Å². The lowest BCUT2D eigenvalue weighted by atomic mass is 10.2. The highest BCUT2D eigenvalue weighted by molar-refractivity contribution is 8.13. The fourth-order valence-corrected chi connectivity index (χ4v) is 2.39. The highest BCUT2D eigenvalue weighted by atomic mass is 32.2. The zero-order valence-electron chi connectivity index (χ0n) is 11.2. The van der Waals surface area contributed by atoms with Crippen molar-refractivity contribution in [3.05, 3.63) is 0 Å². The van der Waals surface area contributed by atoms with Gasteiger partial charge in [-0.05, 0) is 32.9 Å². The molecular weight excluding hydrogens is 254 g/mol. The SMILES string of the molecule is CCSC(=O)C1CCC(=O)N1C(=O)OC(C)(C)C. The van der Waals surface area contributed by atoms with E-state index in [0.29, 0.717) is 12.2 Å². The topological polar surface area (TPSA) is 63.7 Å². The Bertz CT molecular complexity index is 362. The van der Waals surface area contributed by atoms with Gasteiger partial charge in [-0.1, -0.05) is 18.7 Å². The Labute approximate surface area is 111 Å². The van der Waals surface area contributed by atoms with Crippen LogP contribution < -0.4 is 0 Å². The monoisotopic (exact) mass is 273 g/mol. The molecular formula is C12H19NO4S. The second kappa shape index (κ2) is 5.73. The van der Waals surface area contributed by atoms with Gasteiger partial charge in [0.05, 0.1) is 0 Å². The van der Waals surface area contributed by atoms with Crippen LogP contribution in [-0.4, -0.2) is 39.4 Å². The zero-order valence-corrected chi connectivity index (χ0v) is 12.0. The van der Waals surface area contributed by atoms with E-state index in [4.69, 9.17) is 4.74 Å². The molecule has 2 amide bonds. The molecule has 6 heteroatoms. The van der Waals surface area contributed by atoms with E-state index in [-0.39, 0.29) is 17.4 Å². The summed E-state index contributed by atoms with van der Waals surface area (Å²) in [5.74, 6) is 0.297. The summed E-state index contributed by atoms with van der Waals surface area (Å²) in [6.45, 7) is 7.03. The van der Waals surface area contributed by atoms with Crippen molar-refractivity contribution in [1.29, 1.82) is 0 Å². The first-order valence-electron chi connectivity index (χ1n) is 5.98. The van der Waals surface area contributed by atoms with Crippen molar-refractivity contribution in [1.82, 2.24) is 4.90 Å². The number of thioether (sulfide) groups is 1. The number of hydrogen-bond acceptors (Lipinski definition) is 5. The summed E-state index contributed by atoms with van der Waals surface area (Å²) in [6.07, 6.45) is -0.107. The van der Waals surface area contributed by atoms with Crippen molar-refractivity contribution in [2.75, 3.05) is 5.75 Å². The van der Waals surface area contributed by atoms with Gasteiger partial charge < -0.3 is 4.74 Å². The van der Waals surface area contributed by atoms with Crippen LogP contribution in [0.3, 0.4) is 0 Å². The number of amides is 2. The summed E-state index contributed by atoms with van der Waals surface area (Å²) in [4.78, 5) is 36.4. The highest BCUT2D eigenvalue weighted by Crippen LogP contribution is 2.25. The fourth-order valence-electron chi connectivity index (χ4n) is 1.69. The van der Waals surface area contributed by atoms with E-state index < -0.39 is 17.7 Å². The van der Waals surface area contributed by atoms with Crippen LogP contribution in [0.4, 0.5) is 4.79 Å². The van der Waals surface area contributed by atoms with Gasteiger partial charge in [-0.25, -0.2) is 9.69 Å². The standard InChI is InChI=1S/C12H19NO4S/c1-5-18-10(15)8-6-7-9(14)13(8)11(16)17-12(2,3)4/h8H,5-7H2,1-4H3. The Balaban J connectivity index is 2.79. The van der Waals surface area contributed by atoms with Crippen molar-refractivity contribution in [2.24, 2.45) is 0 Å². The van der Waals surface area contributed by atoms with Crippen LogP contribution >= 0.6 is 11.8 Å². The molecule has 1 aliphatic heterocycles. The van der Waals surface area contributed by atoms with E-state index in [1.807, 2.05) is 6.92 Å². The van der Waals surface area contributed by atoms with Crippen molar-refractivity contribution in [2.45, 2.75) is 52.2 Å². The van der Waals surface area contributed by atoms with E-state index in [0.717, 1.165) is 16.7 Å². The van der Waals surface area contributed by atoms with Crippen LogP contribution in [0.2, 0.25) is 0 Å². The summed E-state index contributed by atoms with van der Waals surface area (Å²) in [6, 6.07) is -0.669. The molecule has 1 unspecified atom stereocenters. The third kappa shape index (κ3) is 3.73. The van der Waals surface area contributed by atoms with Gasteiger partial charge in [-0.15, -0.1) is 0 Å². The maximum atomic E-state index is 11.9. The van der Waals surface area contributed by atoms with Crippen molar-refractivity contribution >= 4 is 28.9 Å². The minimum absolute atomic E-state index is 0.144. The number of rotatable bonds is 2. The van der Waals surface area contributed by atoms with Gasteiger partial charge in [-0.3, -0.25) is 9.59 Å². The molecule has 102 valence electrons. The van der Waals surface area contributed by atoms with Crippen LogP contribution in [0.5, 0.6) is 0 Å². The van der Waals surface area contributed by atoms with Crippen molar-refractivity contribution in [3.8, 4) is 0 Å². The van der Waals surface area contributed by atoms with Crippen molar-refractivity contribution in [3.63, 3.8) is 0 Å². The first-order chi connectivity index (χ1) is 8.26. The molecule has 0 aromatic carbocycles. The van der Waals surface area contributed by atoms with Gasteiger partial charge in [-0.2, -0.15) is 0 Å². The smallest absolute Gasteiger partial charge is 0.417 e. The summed E-state index contributed by atoms with van der Waals surface area (Å²) < 4.78 is 5.16. The average molecular weight is 273 g/mol. The van der Waals surface area contributed by atoms with Crippen LogP contribution in [0.25, 0.3) is 0 Å². The molecule has 5 nitrogen and oxygen atoms in total. The lowest BCUT2D eigenvalue weighted by Gasteiger charge is -2.26. The van der Waals surface area contributed by atoms with E-state index >= 15 is 0 Å². The molecule has 0 spiro atoms. The molecule has 0 saturated carbocycles. The molecule has 1 fully saturated rings. The molecule has 1 atom stereocenters. The third-order valence-electron chi connectivity index (χ3n) is 2.36. The molecule has 0 radical (unpaired) electrons. The Hall–Kier alpha value is -1.04. The maximum Gasteiger partial charge on any atom is 0.417 e. The van der Waals surface area contributed by atoms with Crippen LogP contribution in [-0.2, 0) is 14.3 Å². The van der Waals surface area contributed by atoms with Gasteiger partial charge in [0.1, 0.15) is 11.6 Å². The Morgan fingerprint density at radius 3 is 2.56 bits per heavy atom. The summed E-state index contributed by atoms with van der Waals surface area (Å²) in [5.41, 5.74) is -0.675. The third-order valence-corrected chi connectivity index (χ3v) is 3.21. The molecule has 0 N–H and O–H groups in total. The first kappa shape index (κ1) is 15.0. The fraction of sp³-hybridized carbons (Fsp3) is 0.750. The quantitative estimate of drug-likeness (QED) is 0.771. The van der Waals surface area contributed by atoms with E-state index in [9.17, 15) is 14.4 Å². The normalized spacial score (nSPS) is 20.1.